The van der Waals surface area contributed by atoms with Gasteiger partial charge in [-0.3, -0.25) is 0 Å². The van der Waals surface area contributed by atoms with Crippen LogP contribution in [0.1, 0.15) is 27.2 Å². The Labute approximate surface area is 93.4 Å². The molecule has 1 saturated heterocycles. The molecular weight excluding hydrogens is 194 g/mol. The van der Waals surface area contributed by atoms with Crippen LogP contribution in [0.15, 0.2) is 0 Å². The highest BCUT2D eigenvalue weighted by Gasteiger charge is 2.22. The minimum atomic E-state index is 0.313. The molecule has 0 saturated carbocycles. The number of thiol groups is 1. The van der Waals surface area contributed by atoms with Crippen LogP contribution in [-0.2, 0) is 4.74 Å². The van der Waals surface area contributed by atoms with Gasteiger partial charge in [0.2, 0.25) is 0 Å². The third kappa shape index (κ3) is 4.20. The molecule has 1 fully saturated rings. The van der Waals surface area contributed by atoms with Gasteiger partial charge < -0.3 is 9.64 Å². The minimum absolute atomic E-state index is 0.313. The van der Waals surface area contributed by atoms with Crippen LogP contribution < -0.4 is 0 Å². The fraction of sp³-hybridized carbons (Fsp3) is 1.00. The monoisotopic (exact) mass is 217 g/mol. The first-order valence-corrected chi connectivity index (χ1v) is 6.11. The van der Waals surface area contributed by atoms with E-state index < -0.39 is 0 Å². The molecule has 84 valence electrons. The summed E-state index contributed by atoms with van der Waals surface area (Å²) in [6, 6.07) is 0. The molecule has 0 aromatic carbocycles. The third-order valence-corrected chi connectivity index (χ3v) is 3.47. The lowest BCUT2D eigenvalue weighted by atomic mass is 9.95. The Morgan fingerprint density at radius 1 is 1.50 bits per heavy atom. The zero-order valence-corrected chi connectivity index (χ0v) is 10.5. The van der Waals surface area contributed by atoms with Crippen molar-refractivity contribution >= 4 is 12.6 Å². The van der Waals surface area contributed by atoms with Gasteiger partial charge in [0.15, 0.2) is 0 Å². The molecule has 1 heterocycles. The molecule has 0 aliphatic carbocycles. The lowest BCUT2D eigenvalue weighted by molar-refractivity contribution is 0.0631. The third-order valence-electron chi connectivity index (χ3n) is 2.62. The maximum absolute atomic E-state index is 5.62. The standard InChI is InChI=1S/C11H23NOS/c1-10-7-12(5-4-6-13-10)8-11(2,3)9-14/h10,14H,4-9H2,1-3H3. The molecule has 0 radical (unpaired) electrons. The SMILES string of the molecule is CC1CN(CC(C)(C)CS)CCCO1. The fourth-order valence-corrected chi connectivity index (χ4v) is 1.98. The van der Waals surface area contributed by atoms with Crippen molar-refractivity contribution in [1.82, 2.24) is 4.90 Å². The summed E-state index contributed by atoms with van der Waals surface area (Å²) in [4.78, 5) is 2.51. The van der Waals surface area contributed by atoms with E-state index in [9.17, 15) is 0 Å². The zero-order valence-electron chi connectivity index (χ0n) is 9.62. The van der Waals surface area contributed by atoms with Crippen LogP contribution in [0.5, 0.6) is 0 Å². The van der Waals surface area contributed by atoms with Gasteiger partial charge in [0.05, 0.1) is 6.10 Å². The Hall–Kier alpha value is 0.270. The van der Waals surface area contributed by atoms with Crippen LogP contribution in [0.3, 0.4) is 0 Å². The van der Waals surface area contributed by atoms with Gasteiger partial charge in [-0.05, 0) is 24.5 Å². The largest absolute Gasteiger partial charge is 0.377 e. The highest BCUT2D eigenvalue weighted by molar-refractivity contribution is 7.80. The van der Waals surface area contributed by atoms with Gasteiger partial charge in [-0.2, -0.15) is 12.6 Å². The summed E-state index contributed by atoms with van der Waals surface area (Å²) in [5, 5.41) is 0. The Morgan fingerprint density at radius 2 is 2.21 bits per heavy atom. The molecule has 1 rings (SSSR count). The molecule has 14 heavy (non-hydrogen) atoms. The number of nitrogens with zero attached hydrogens (tertiary/aromatic N) is 1. The fourth-order valence-electron chi connectivity index (χ4n) is 1.88. The van der Waals surface area contributed by atoms with Gasteiger partial charge in [-0.1, -0.05) is 13.8 Å². The second kappa shape index (κ2) is 5.38. The quantitative estimate of drug-likeness (QED) is 0.727. The number of hydrogen-bond donors (Lipinski definition) is 1. The predicted molar refractivity (Wildman–Crippen MR) is 64.1 cm³/mol. The molecule has 3 heteroatoms. The summed E-state index contributed by atoms with van der Waals surface area (Å²) >= 11 is 4.39. The zero-order chi connectivity index (χ0) is 10.6. The summed E-state index contributed by atoms with van der Waals surface area (Å²) in [7, 11) is 0. The average Bonchev–Trinajstić information content (AvgIpc) is 2.29. The maximum atomic E-state index is 5.62. The number of hydrogen-bond acceptors (Lipinski definition) is 3. The van der Waals surface area contributed by atoms with Crippen LogP contribution in [0.25, 0.3) is 0 Å². The van der Waals surface area contributed by atoms with Gasteiger partial charge in [-0.15, -0.1) is 0 Å². The Kier molecular flexibility index (Phi) is 4.74. The summed E-state index contributed by atoms with van der Waals surface area (Å²) < 4.78 is 5.62. The van der Waals surface area contributed by atoms with Crippen molar-refractivity contribution in [2.75, 3.05) is 32.0 Å². The lowest BCUT2D eigenvalue weighted by Gasteiger charge is -2.31. The highest BCUT2D eigenvalue weighted by Crippen LogP contribution is 2.20. The smallest absolute Gasteiger partial charge is 0.0673 e. The Bertz CT molecular complexity index is 173. The molecule has 0 amide bonds. The van der Waals surface area contributed by atoms with Gasteiger partial charge >= 0.3 is 0 Å². The first kappa shape index (κ1) is 12.3. The topological polar surface area (TPSA) is 12.5 Å². The van der Waals surface area contributed by atoms with E-state index in [1.165, 1.54) is 6.54 Å². The summed E-state index contributed by atoms with van der Waals surface area (Å²) in [6.45, 7) is 11.0. The first-order chi connectivity index (χ1) is 6.53. The predicted octanol–water partition coefficient (Wildman–Crippen LogP) is 2.05. The van der Waals surface area contributed by atoms with E-state index in [2.05, 4.69) is 38.3 Å². The molecule has 1 atom stereocenters. The molecule has 1 unspecified atom stereocenters. The second-order valence-electron chi connectivity index (χ2n) is 5.09. The molecule has 0 aromatic rings. The van der Waals surface area contributed by atoms with Crippen molar-refractivity contribution in [3.63, 3.8) is 0 Å². The van der Waals surface area contributed by atoms with Crippen molar-refractivity contribution in [3.8, 4) is 0 Å². The van der Waals surface area contributed by atoms with E-state index in [-0.39, 0.29) is 0 Å². The molecule has 0 spiro atoms. The molecular formula is C11H23NOS. The number of ether oxygens (including phenoxy) is 1. The van der Waals surface area contributed by atoms with Gasteiger partial charge in [-0.25, -0.2) is 0 Å². The van der Waals surface area contributed by atoms with E-state index in [0.717, 1.165) is 31.9 Å². The van der Waals surface area contributed by atoms with E-state index in [1.54, 1.807) is 0 Å². The van der Waals surface area contributed by atoms with Crippen molar-refractivity contribution in [2.45, 2.75) is 33.3 Å². The Morgan fingerprint density at radius 3 is 2.86 bits per heavy atom. The van der Waals surface area contributed by atoms with Crippen molar-refractivity contribution in [1.29, 1.82) is 0 Å². The van der Waals surface area contributed by atoms with E-state index in [0.29, 0.717) is 11.5 Å². The van der Waals surface area contributed by atoms with Gasteiger partial charge in [0, 0.05) is 26.2 Å². The summed E-state index contributed by atoms with van der Waals surface area (Å²) in [5.41, 5.74) is 0.313. The molecule has 1 aliphatic heterocycles. The van der Waals surface area contributed by atoms with Crippen LogP contribution in [0.2, 0.25) is 0 Å². The highest BCUT2D eigenvalue weighted by atomic mass is 32.1. The van der Waals surface area contributed by atoms with Gasteiger partial charge in [0.1, 0.15) is 0 Å². The molecule has 0 N–H and O–H groups in total. The van der Waals surface area contributed by atoms with Crippen LogP contribution in [0.4, 0.5) is 0 Å². The van der Waals surface area contributed by atoms with Crippen LogP contribution >= 0.6 is 12.6 Å². The van der Waals surface area contributed by atoms with Gasteiger partial charge in [0.25, 0.3) is 0 Å². The van der Waals surface area contributed by atoms with Crippen molar-refractivity contribution in [2.24, 2.45) is 5.41 Å². The lowest BCUT2D eigenvalue weighted by Crippen LogP contribution is -2.38. The summed E-state index contributed by atoms with van der Waals surface area (Å²) in [6.07, 6.45) is 1.54. The average molecular weight is 217 g/mol. The minimum Gasteiger partial charge on any atom is -0.377 e. The van der Waals surface area contributed by atoms with Crippen LogP contribution in [-0.4, -0.2) is 43.0 Å². The maximum Gasteiger partial charge on any atom is 0.0673 e. The first-order valence-electron chi connectivity index (χ1n) is 5.48. The number of rotatable bonds is 3. The molecule has 0 bridgehead atoms. The molecule has 1 aliphatic rings. The molecule has 2 nitrogen and oxygen atoms in total. The van der Waals surface area contributed by atoms with Crippen molar-refractivity contribution in [3.05, 3.63) is 0 Å². The van der Waals surface area contributed by atoms with E-state index >= 15 is 0 Å². The molecule has 0 aromatic heterocycles. The van der Waals surface area contributed by atoms with Crippen LogP contribution in [0, 0.1) is 5.41 Å². The summed E-state index contributed by atoms with van der Waals surface area (Å²) in [5.74, 6) is 0.943. The van der Waals surface area contributed by atoms with E-state index in [4.69, 9.17) is 4.74 Å². The van der Waals surface area contributed by atoms with Crippen molar-refractivity contribution < 1.29 is 4.74 Å². The second-order valence-corrected chi connectivity index (χ2v) is 5.41. The Balaban J connectivity index is 2.42. The van der Waals surface area contributed by atoms with E-state index in [1.807, 2.05) is 0 Å². The normalized spacial score (nSPS) is 26.1.